The van der Waals surface area contributed by atoms with Crippen LogP contribution in [0.4, 0.5) is 13.2 Å². The molecular weight excluding hydrogens is 471 g/mol. The van der Waals surface area contributed by atoms with E-state index in [0.29, 0.717) is 9.59 Å². The molecule has 0 aliphatic heterocycles. The molecule has 0 radical (unpaired) electrons. The van der Waals surface area contributed by atoms with E-state index < -0.39 is 48.9 Å². The minimum Gasteiger partial charge on any atom is -0.443 e. The summed E-state index contributed by atoms with van der Waals surface area (Å²) in [7, 11) is -1.70. The van der Waals surface area contributed by atoms with E-state index in [2.05, 4.69) is 9.05 Å². The van der Waals surface area contributed by atoms with Crippen molar-refractivity contribution < 1.29 is 36.3 Å². The molecule has 0 atom stereocenters. The van der Waals surface area contributed by atoms with Crippen molar-refractivity contribution in [3.05, 3.63) is 45.6 Å². The number of carbonyl (C=O) groups excluding carboxylic acids is 1. The highest BCUT2D eigenvalue weighted by molar-refractivity contribution is 7.54. The Labute approximate surface area is 179 Å². The van der Waals surface area contributed by atoms with Crippen LogP contribution >= 0.6 is 30.8 Å². The number of rotatable bonds is 7. The molecule has 1 heterocycles. The normalized spacial score (nSPS) is 11.9. The summed E-state index contributed by atoms with van der Waals surface area (Å²) in [6.45, 7) is -0.958. The number of nitriles is 1. The summed E-state index contributed by atoms with van der Waals surface area (Å²) in [5.41, 5.74) is -1.87. The molecule has 1 aromatic heterocycles. The fraction of sp³-hybridized carbons (Fsp3) is 0.294. The topological polar surface area (TPSA) is 90.6 Å². The van der Waals surface area contributed by atoms with Gasteiger partial charge in [-0.05, 0) is 17.7 Å². The molecular formula is C17H14Cl2F3N2O5P. The third-order valence-corrected chi connectivity index (χ3v) is 6.31. The van der Waals surface area contributed by atoms with Crippen LogP contribution in [0.3, 0.4) is 0 Å². The van der Waals surface area contributed by atoms with Crippen molar-refractivity contribution in [1.82, 2.24) is 4.57 Å². The van der Waals surface area contributed by atoms with E-state index in [4.69, 9.17) is 27.9 Å². The Kier molecular flexibility index (Phi) is 7.61. The Morgan fingerprint density at radius 3 is 2.23 bits per heavy atom. The van der Waals surface area contributed by atoms with Crippen LogP contribution in [0, 0.1) is 11.3 Å². The molecule has 0 spiro atoms. The van der Waals surface area contributed by atoms with E-state index in [-0.39, 0.29) is 11.3 Å². The molecule has 1 aromatic carbocycles. The molecule has 0 N–H and O–H groups in total. The fourth-order valence-electron chi connectivity index (χ4n) is 2.55. The zero-order chi connectivity index (χ0) is 22.7. The largest absolute Gasteiger partial charge is 0.443 e. The van der Waals surface area contributed by atoms with E-state index >= 15 is 0 Å². The average molecular weight is 485 g/mol. The number of hydrogen-bond acceptors (Lipinski definition) is 6. The predicted molar refractivity (Wildman–Crippen MR) is 102 cm³/mol. The number of esters is 1. The third kappa shape index (κ3) is 5.17. The summed E-state index contributed by atoms with van der Waals surface area (Å²) in [6.07, 6.45) is -5.79. The van der Waals surface area contributed by atoms with E-state index in [1.807, 2.05) is 0 Å². The number of hydrogen-bond donors (Lipinski definition) is 0. The molecule has 0 unspecified atom stereocenters. The summed E-state index contributed by atoms with van der Waals surface area (Å²) >= 11 is 11.7. The fourth-order valence-corrected chi connectivity index (χ4v) is 3.83. The third-order valence-electron chi connectivity index (χ3n) is 3.94. The predicted octanol–water partition coefficient (Wildman–Crippen LogP) is 5.34. The van der Waals surface area contributed by atoms with Crippen LogP contribution in [0.1, 0.15) is 11.3 Å². The lowest BCUT2D eigenvalue weighted by molar-refractivity contribution is -0.153. The first kappa shape index (κ1) is 24.3. The first-order valence-corrected chi connectivity index (χ1v) is 10.5. The van der Waals surface area contributed by atoms with Crippen LogP contribution < -0.4 is 0 Å². The quantitative estimate of drug-likeness (QED) is 0.389. The van der Waals surface area contributed by atoms with Crippen LogP contribution in [0.25, 0.3) is 11.3 Å². The Hall–Kier alpha value is -2.02. The second-order valence-corrected chi connectivity index (χ2v) is 8.79. The zero-order valence-electron chi connectivity index (χ0n) is 15.5. The molecule has 7 nitrogen and oxygen atoms in total. The molecule has 0 saturated heterocycles. The standard InChI is InChI=1S/C17H14Cl2F3N2O5P/c1-27-30(26,28-2)8-13(25)29-9-24-15(10-3-5-11(18)6-4-10)12(7-23)14(19)16(24)17(20,21)22/h3-6H,8-9H2,1-2H3. The Morgan fingerprint density at radius 1 is 1.20 bits per heavy atom. The number of nitrogens with zero attached hydrogens (tertiary/aromatic N) is 2. The molecule has 13 heteroatoms. The SMILES string of the molecule is COP(=O)(CC(=O)OCn1c(-c2ccc(Cl)cc2)c(C#N)c(Cl)c1C(F)(F)F)OC. The van der Waals surface area contributed by atoms with Crippen molar-refractivity contribution in [3.63, 3.8) is 0 Å². The average Bonchev–Trinajstić information content (AvgIpc) is 2.98. The van der Waals surface area contributed by atoms with Crippen molar-refractivity contribution in [2.75, 3.05) is 20.4 Å². The van der Waals surface area contributed by atoms with Gasteiger partial charge >= 0.3 is 19.7 Å². The Bertz CT molecular complexity index is 1020. The molecule has 0 fully saturated rings. The van der Waals surface area contributed by atoms with Gasteiger partial charge in [-0.1, -0.05) is 35.3 Å². The van der Waals surface area contributed by atoms with Gasteiger partial charge in [0.1, 0.15) is 17.9 Å². The van der Waals surface area contributed by atoms with Crippen LogP contribution in [0.5, 0.6) is 0 Å². The first-order valence-electron chi connectivity index (χ1n) is 7.98. The number of aromatic nitrogens is 1. The smallest absolute Gasteiger partial charge is 0.433 e. The monoisotopic (exact) mass is 484 g/mol. The van der Waals surface area contributed by atoms with Crippen molar-refractivity contribution in [2.24, 2.45) is 0 Å². The van der Waals surface area contributed by atoms with Crippen molar-refractivity contribution >= 4 is 36.8 Å². The van der Waals surface area contributed by atoms with Crippen LogP contribution in [-0.2, 0) is 36.1 Å². The Morgan fingerprint density at radius 2 is 1.77 bits per heavy atom. The second-order valence-electron chi connectivity index (χ2n) is 5.71. The molecule has 0 aliphatic rings. The lowest BCUT2D eigenvalue weighted by Gasteiger charge is -2.17. The summed E-state index contributed by atoms with van der Waals surface area (Å²) in [5, 5.41) is 8.87. The number of alkyl halides is 3. The molecule has 0 aliphatic carbocycles. The molecule has 0 amide bonds. The van der Waals surface area contributed by atoms with Gasteiger partial charge in [-0.2, -0.15) is 18.4 Å². The number of halogens is 5. The van der Waals surface area contributed by atoms with Crippen molar-refractivity contribution in [3.8, 4) is 17.3 Å². The molecule has 162 valence electrons. The molecule has 30 heavy (non-hydrogen) atoms. The van der Waals surface area contributed by atoms with Crippen LogP contribution in [0.2, 0.25) is 10.0 Å². The summed E-state index contributed by atoms with van der Waals surface area (Å²) in [4.78, 5) is 12.0. The Balaban J connectivity index is 2.54. The summed E-state index contributed by atoms with van der Waals surface area (Å²) < 4.78 is 67.6. The van der Waals surface area contributed by atoms with Gasteiger partial charge in [0.2, 0.25) is 0 Å². The van der Waals surface area contributed by atoms with Gasteiger partial charge in [0.15, 0.2) is 6.73 Å². The van der Waals surface area contributed by atoms with Gasteiger partial charge in [-0.25, -0.2) is 0 Å². The van der Waals surface area contributed by atoms with Gasteiger partial charge in [0, 0.05) is 19.2 Å². The minimum atomic E-state index is -4.96. The highest BCUT2D eigenvalue weighted by Gasteiger charge is 2.41. The van der Waals surface area contributed by atoms with Crippen molar-refractivity contribution in [2.45, 2.75) is 12.9 Å². The first-order chi connectivity index (χ1) is 14.0. The zero-order valence-corrected chi connectivity index (χ0v) is 17.9. The van der Waals surface area contributed by atoms with E-state index in [0.717, 1.165) is 14.2 Å². The van der Waals surface area contributed by atoms with Crippen LogP contribution in [0.15, 0.2) is 24.3 Å². The molecule has 0 saturated carbocycles. The minimum absolute atomic E-state index is 0.184. The van der Waals surface area contributed by atoms with Crippen LogP contribution in [-0.4, -0.2) is 30.9 Å². The van der Waals surface area contributed by atoms with Gasteiger partial charge in [0.25, 0.3) is 0 Å². The number of carbonyl (C=O) groups is 1. The highest BCUT2D eigenvalue weighted by Crippen LogP contribution is 2.46. The second kappa shape index (κ2) is 9.41. The van der Waals surface area contributed by atoms with Gasteiger partial charge in [-0.15, -0.1) is 0 Å². The summed E-state index contributed by atoms with van der Waals surface area (Å²) in [6, 6.07) is 7.24. The van der Waals surface area contributed by atoms with E-state index in [1.165, 1.54) is 24.3 Å². The molecule has 0 bridgehead atoms. The maximum atomic E-state index is 13.7. The number of benzene rings is 1. The highest BCUT2D eigenvalue weighted by atomic mass is 35.5. The van der Waals surface area contributed by atoms with E-state index in [9.17, 15) is 27.8 Å². The summed E-state index contributed by atoms with van der Waals surface area (Å²) in [5.74, 6) is -1.14. The molecule has 2 aromatic rings. The number of ether oxygens (including phenoxy) is 1. The molecule has 2 rings (SSSR count). The van der Waals surface area contributed by atoms with Gasteiger partial charge in [0.05, 0.1) is 16.3 Å². The lowest BCUT2D eigenvalue weighted by atomic mass is 10.1. The maximum Gasteiger partial charge on any atom is 0.433 e. The van der Waals surface area contributed by atoms with Gasteiger partial charge in [-0.3, -0.25) is 9.36 Å². The van der Waals surface area contributed by atoms with Gasteiger partial charge < -0.3 is 18.4 Å². The lowest BCUT2D eigenvalue weighted by Crippen LogP contribution is -2.20. The maximum absolute atomic E-state index is 13.7. The van der Waals surface area contributed by atoms with E-state index in [1.54, 1.807) is 6.07 Å². The van der Waals surface area contributed by atoms with Crippen molar-refractivity contribution in [1.29, 1.82) is 5.26 Å².